The largest absolute Gasteiger partial charge is 0.301 e. The normalized spacial score (nSPS) is 18.5. The third kappa shape index (κ3) is 2.06. The van der Waals surface area contributed by atoms with Crippen LogP contribution in [0.3, 0.4) is 0 Å². The Bertz CT molecular complexity index is 404. The van der Waals surface area contributed by atoms with E-state index >= 15 is 0 Å². The zero-order valence-corrected chi connectivity index (χ0v) is 8.60. The minimum absolute atomic E-state index is 0.272. The average molecular weight is 204 g/mol. The summed E-state index contributed by atoms with van der Waals surface area (Å²) in [7, 11) is 0. The van der Waals surface area contributed by atoms with Gasteiger partial charge in [0, 0.05) is 6.42 Å². The number of hydrogen-bond donors (Lipinski definition) is 0. The van der Waals surface area contributed by atoms with Gasteiger partial charge >= 0.3 is 5.91 Å². The van der Waals surface area contributed by atoms with Gasteiger partial charge in [-0.15, -0.1) is 5.10 Å². The number of hydrogen-bond acceptors (Lipinski definition) is 4. The van der Waals surface area contributed by atoms with E-state index in [-0.39, 0.29) is 11.6 Å². The van der Waals surface area contributed by atoms with Gasteiger partial charge in [0.15, 0.2) is 5.71 Å². The molecule has 2 heterocycles. The number of nitrogens with zero attached hydrogens (tertiary/aromatic N) is 4. The van der Waals surface area contributed by atoms with Gasteiger partial charge in [0.1, 0.15) is 11.5 Å². The Morgan fingerprint density at radius 2 is 2.13 bits per heavy atom. The minimum Gasteiger partial charge on any atom is -0.265 e. The van der Waals surface area contributed by atoms with Gasteiger partial charge in [0.05, 0.1) is 6.21 Å². The number of carbonyl (C=O) groups excluding carboxylic acids is 1. The minimum atomic E-state index is -0.316. The fourth-order valence-electron chi connectivity index (χ4n) is 1.47. The molecule has 0 radical (unpaired) electrons. The number of aliphatic imine (C=N–C) groups is 2. The Labute approximate surface area is 87.7 Å². The number of amidine groups is 1. The molecular formula is C10H12N4O. The SMILES string of the molecule is CCCCCC1=NC(=O)C2=NN=CC2=N1. The van der Waals surface area contributed by atoms with Crippen LogP contribution in [0.2, 0.25) is 0 Å². The van der Waals surface area contributed by atoms with Crippen molar-refractivity contribution in [2.24, 2.45) is 20.2 Å². The fraction of sp³-hybridized carbons (Fsp3) is 0.500. The van der Waals surface area contributed by atoms with Crippen molar-refractivity contribution in [3.8, 4) is 0 Å². The molecule has 2 rings (SSSR count). The Hall–Kier alpha value is -1.65. The van der Waals surface area contributed by atoms with Crippen molar-refractivity contribution in [2.45, 2.75) is 32.6 Å². The molecule has 0 saturated heterocycles. The molecule has 0 aromatic carbocycles. The van der Waals surface area contributed by atoms with E-state index in [9.17, 15) is 4.79 Å². The van der Waals surface area contributed by atoms with Crippen LogP contribution in [0, 0.1) is 0 Å². The van der Waals surface area contributed by atoms with Crippen molar-refractivity contribution in [2.75, 3.05) is 0 Å². The van der Waals surface area contributed by atoms with Crippen LogP contribution in [0.4, 0.5) is 0 Å². The molecule has 0 bridgehead atoms. The van der Waals surface area contributed by atoms with E-state index in [0.717, 1.165) is 25.7 Å². The molecule has 0 N–H and O–H groups in total. The van der Waals surface area contributed by atoms with E-state index in [4.69, 9.17) is 0 Å². The van der Waals surface area contributed by atoms with Gasteiger partial charge in [0.25, 0.3) is 0 Å². The summed E-state index contributed by atoms with van der Waals surface area (Å²) in [5, 5.41) is 7.32. The molecule has 1 amide bonds. The predicted octanol–water partition coefficient (Wildman–Crippen LogP) is 1.39. The summed E-state index contributed by atoms with van der Waals surface area (Å²) in [5.41, 5.74) is 0.829. The molecule has 15 heavy (non-hydrogen) atoms. The van der Waals surface area contributed by atoms with Crippen molar-refractivity contribution in [3.63, 3.8) is 0 Å². The summed E-state index contributed by atoms with van der Waals surface area (Å²) in [6.07, 6.45) is 5.55. The number of carbonyl (C=O) groups is 1. The van der Waals surface area contributed by atoms with E-state index < -0.39 is 0 Å². The number of unbranched alkanes of at least 4 members (excludes halogenated alkanes) is 2. The first kappa shape index (κ1) is 9.89. The van der Waals surface area contributed by atoms with Gasteiger partial charge in [-0.1, -0.05) is 19.8 Å². The first-order valence-electron chi connectivity index (χ1n) is 5.13. The van der Waals surface area contributed by atoms with Gasteiger partial charge in [-0.05, 0) is 6.42 Å². The molecule has 0 unspecified atom stereocenters. The van der Waals surface area contributed by atoms with E-state index in [1.807, 2.05) is 0 Å². The van der Waals surface area contributed by atoms with Crippen LogP contribution >= 0.6 is 0 Å². The Morgan fingerprint density at radius 3 is 2.93 bits per heavy atom. The second kappa shape index (κ2) is 4.25. The second-order valence-corrected chi connectivity index (χ2v) is 3.48. The third-order valence-electron chi connectivity index (χ3n) is 2.27. The molecule has 2 aliphatic heterocycles. The maximum absolute atomic E-state index is 11.4. The first-order valence-corrected chi connectivity index (χ1v) is 5.13. The lowest BCUT2D eigenvalue weighted by molar-refractivity contribution is -0.111. The van der Waals surface area contributed by atoms with Gasteiger partial charge in [0.2, 0.25) is 0 Å². The summed E-state index contributed by atoms with van der Waals surface area (Å²) in [6.45, 7) is 2.13. The number of fused-ring (bicyclic) bond motifs is 1. The van der Waals surface area contributed by atoms with Crippen LogP contribution in [0.5, 0.6) is 0 Å². The van der Waals surface area contributed by atoms with Crippen LogP contribution in [-0.4, -0.2) is 29.4 Å². The highest BCUT2D eigenvalue weighted by molar-refractivity contribution is 6.81. The Balaban J connectivity index is 2.05. The molecule has 0 aromatic heterocycles. The maximum atomic E-state index is 11.4. The van der Waals surface area contributed by atoms with Crippen molar-refractivity contribution in [1.29, 1.82) is 0 Å². The van der Waals surface area contributed by atoms with E-state index in [0.29, 0.717) is 11.5 Å². The number of amides is 1. The monoisotopic (exact) mass is 204 g/mol. The van der Waals surface area contributed by atoms with Gasteiger partial charge in [-0.3, -0.25) is 4.79 Å². The maximum Gasteiger partial charge on any atom is 0.301 e. The quantitative estimate of drug-likeness (QED) is 0.638. The summed E-state index contributed by atoms with van der Waals surface area (Å²) >= 11 is 0. The van der Waals surface area contributed by atoms with Crippen LogP contribution in [0.1, 0.15) is 32.6 Å². The molecule has 0 fully saturated rings. The fourth-order valence-corrected chi connectivity index (χ4v) is 1.47. The van der Waals surface area contributed by atoms with E-state index in [2.05, 4.69) is 27.1 Å². The van der Waals surface area contributed by atoms with E-state index in [1.54, 1.807) is 0 Å². The van der Waals surface area contributed by atoms with Crippen LogP contribution in [-0.2, 0) is 4.79 Å². The predicted molar refractivity (Wildman–Crippen MR) is 59.9 cm³/mol. The molecule has 0 spiro atoms. The molecule has 78 valence electrons. The molecular weight excluding hydrogens is 192 g/mol. The second-order valence-electron chi connectivity index (χ2n) is 3.48. The van der Waals surface area contributed by atoms with Crippen molar-refractivity contribution < 1.29 is 4.79 Å². The van der Waals surface area contributed by atoms with Gasteiger partial charge in [-0.2, -0.15) is 10.1 Å². The lowest BCUT2D eigenvalue weighted by atomic mass is 10.1. The molecule has 2 aliphatic rings. The van der Waals surface area contributed by atoms with Crippen LogP contribution < -0.4 is 0 Å². The lowest BCUT2D eigenvalue weighted by Crippen LogP contribution is -2.27. The van der Waals surface area contributed by atoms with Gasteiger partial charge < -0.3 is 0 Å². The molecule has 0 atom stereocenters. The number of rotatable bonds is 4. The zero-order valence-electron chi connectivity index (χ0n) is 8.60. The summed E-state index contributed by atoms with van der Waals surface area (Å²) in [5.74, 6) is 0.291. The topological polar surface area (TPSA) is 66.5 Å². The van der Waals surface area contributed by atoms with Crippen LogP contribution in [0.25, 0.3) is 0 Å². The highest BCUT2D eigenvalue weighted by atomic mass is 16.1. The Morgan fingerprint density at radius 1 is 1.27 bits per heavy atom. The van der Waals surface area contributed by atoms with Gasteiger partial charge in [-0.25, -0.2) is 4.99 Å². The van der Waals surface area contributed by atoms with Crippen LogP contribution in [0.15, 0.2) is 20.2 Å². The van der Waals surface area contributed by atoms with E-state index in [1.165, 1.54) is 6.21 Å². The summed E-state index contributed by atoms with van der Waals surface area (Å²) in [6, 6.07) is 0. The molecule has 0 aromatic rings. The molecule has 0 saturated carbocycles. The summed E-state index contributed by atoms with van der Waals surface area (Å²) < 4.78 is 0. The third-order valence-corrected chi connectivity index (χ3v) is 2.27. The highest BCUT2D eigenvalue weighted by Gasteiger charge is 2.25. The average Bonchev–Trinajstić information content (AvgIpc) is 2.66. The molecule has 0 aliphatic carbocycles. The van der Waals surface area contributed by atoms with Crippen molar-refractivity contribution >= 4 is 29.4 Å². The highest BCUT2D eigenvalue weighted by Crippen LogP contribution is 2.09. The first-order chi connectivity index (χ1) is 7.31. The summed E-state index contributed by atoms with van der Waals surface area (Å²) in [4.78, 5) is 19.5. The molecule has 5 heteroatoms. The lowest BCUT2D eigenvalue weighted by Gasteiger charge is -2.06. The standard InChI is InChI=1S/C10H12N4O/c1-2-3-4-5-8-12-7-6-11-14-9(7)10(15)13-8/h6H,2-5H2,1H3. The molecule has 5 nitrogen and oxygen atoms in total. The zero-order chi connectivity index (χ0) is 10.7. The van der Waals surface area contributed by atoms with Crippen molar-refractivity contribution in [3.05, 3.63) is 0 Å². The Kier molecular flexibility index (Phi) is 2.80. The van der Waals surface area contributed by atoms with Crippen molar-refractivity contribution in [1.82, 2.24) is 0 Å². The smallest absolute Gasteiger partial charge is 0.265 e.